The van der Waals surface area contributed by atoms with Gasteiger partial charge < -0.3 is 14.1 Å². The molecular formula is C23H21NO5. The Morgan fingerprint density at radius 1 is 1.07 bits per heavy atom. The number of aryl methyl sites for hydroxylation is 1. The van der Waals surface area contributed by atoms with E-state index >= 15 is 0 Å². The van der Waals surface area contributed by atoms with Crippen LogP contribution < -0.4 is 10.5 Å². The Bertz CT molecular complexity index is 1130. The normalized spacial score (nSPS) is 14.2. The topological polar surface area (TPSA) is 76.8 Å². The summed E-state index contributed by atoms with van der Waals surface area (Å²) in [4.78, 5) is 38.0. The molecule has 2 aromatic carbocycles. The third kappa shape index (κ3) is 4.06. The Labute approximate surface area is 167 Å². The lowest BCUT2D eigenvalue weighted by molar-refractivity contribution is -0.119. The van der Waals surface area contributed by atoms with Crippen molar-refractivity contribution in [3.63, 3.8) is 0 Å². The number of amides is 1. The van der Waals surface area contributed by atoms with Crippen LogP contribution in [-0.2, 0) is 16.1 Å². The second kappa shape index (κ2) is 7.91. The molecule has 0 aliphatic carbocycles. The molecule has 0 saturated carbocycles. The third-order valence-electron chi connectivity index (χ3n) is 5.08. The predicted octanol–water partition coefficient (Wildman–Crippen LogP) is 3.98. The first-order valence-electron chi connectivity index (χ1n) is 9.62. The highest BCUT2D eigenvalue weighted by molar-refractivity contribution is 5.95. The molecule has 1 fully saturated rings. The van der Waals surface area contributed by atoms with Crippen molar-refractivity contribution >= 4 is 28.5 Å². The molecule has 0 spiro atoms. The van der Waals surface area contributed by atoms with Crippen LogP contribution in [-0.4, -0.2) is 18.4 Å². The zero-order valence-corrected chi connectivity index (χ0v) is 16.1. The van der Waals surface area contributed by atoms with Gasteiger partial charge in [0.1, 0.15) is 12.2 Å². The van der Waals surface area contributed by atoms with Crippen molar-refractivity contribution in [2.24, 2.45) is 0 Å². The third-order valence-corrected chi connectivity index (χ3v) is 5.08. The van der Waals surface area contributed by atoms with Crippen molar-refractivity contribution < 1.29 is 18.7 Å². The highest BCUT2D eigenvalue weighted by Crippen LogP contribution is 2.22. The van der Waals surface area contributed by atoms with Gasteiger partial charge in [0.25, 0.3) is 0 Å². The van der Waals surface area contributed by atoms with Gasteiger partial charge in [-0.05, 0) is 55.7 Å². The summed E-state index contributed by atoms with van der Waals surface area (Å²) < 4.78 is 10.6. The quantitative estimate of drug-likeness (QED) is 0.497. The summed E-state index contributed by atoms with van der Waals surface area (Å²) in [5.41, 5.74) is 2.74. The summed E-state index contributed by atoms with van der Waals surface area (Å²) in [5, 5.41) is 0.738. The smallest absolute Gasteiger partial charge is 0.338 e. The molecule has 148 valence electrons. The monoisotopic (exact) mass is 391 g/mol. The van der Waals surface area contributed by atoms with E-state index in [1.54, 1.807) is 35.2 Å². The summed E-state index contributed by atoms with van der Waals surface area (Å²) in [6, 6.07) is 13.7. The number of rotatable bonds is 4. The second-order valence-corrected chi connectivity index (χ2v) is 7.22. The fraction of sp³-hybridized carbons (Fsp3) is 0.261. The number of benzene rings is 2. The molecule has 6 nitrogen and oxygen atoms in total. The van der Waals surface area contributed by atoms with Gasteiger partial charge in [-0.15, -0.1) is 0 Å². The standard InChI is InChI=1S/C23H21NO5/c1-15-5-10-19-17(13-22(26)29-20(19)12-15)14-28-23(27)16-6-8-18(9-7-16)24-11-3-2-4-21(24)25/h5-10,12-13H,2-4,11,14H2,1H3. The van der Waals surface area contributed by atoms with E-state index in [2.05, 4.69) is 0 Å². The minimum Gasteiger partial charge on any atom is -0.457 e. The lowest BCUT2D eigenvalue weighted by Crippen LogP contribution is -2.35. The number of hydrogen-bond donors (Lipinski definition) is 0. The fourth-order valence-electron chi connectivity index (χ4n) is 3.54. The maximum absolute atomic E-state index is 12.4. The zero-order valence-electron chi connectivity index (χ0n) is 16.1. The molecule has 1 aliphatic rings. The van der Waals surface area contributed by atoms with Crippen LogP contribution in [0.1, 0.15) is 40.7 Å². The molecule has 0 atom stereocenters. The summed E-state index contributed by atoms with van der Waals surface area (Å²) in [5.74, 6) is -0.383. The first-order valence-corrected chi connectivity index (χ1v) is 9.62. The number of fused-ring (bicyclic) bond motifs is 1. The summed E-state index contributed by atoms with van der Waals surface area (Å²) >= 11 is 0. The molecule has 0 N–H and O–H groups in total. The van der Waals surface area contributed by atoms with Crippen LogP contribution in [0.2, 0.25) is 0 Å². The molecule has 3 aromatic rings. The van der Waals surface area contributed by atoms with Crippen LogP contribution in [0.3, 0.4) is 0 Å². The molecule has 29 heavy (non-hydrogen) atoms. The van der Waals surface area contributed by atoms with Crippen molar-refractivity contribution in [2.45, 2.75) is 32.8 Å². The molecule has 0 radical (unpaired) electrons. The molecule has 2 heterocycles. The lowest BCUT2D eigenvalue weighted by atomic mass is 10.1. The maximum Gasteiger partial charge on any atom is 0.338 e. The van der Waals surface area contributed by atoms with E-state index in [1.165, 1.54) is 6.07 Å². The largest absolute Gasteiger partial charge is 0.457 e. The van der Waals surface area contributed by atoms with Crippen LogP contribution in [0.5, 0.6) is 0 Å². The number of piperidine rings is 1. The van der Waals surface area contributed by atoms with Gasteiger partial charge in [-0.3, -0.25) is 4.79 Å². The molecule has 6 heteroatoms. The highest BCUT2D eigenvalue weighted by Gasteiger charge is 2.20. The van der Waals surface area contributed by atoms with E-state index in [0.717, 1.165) is 29.5 Å². The predicted molar refractivity (Wildman–Crippen MR) is 109 cm³/mol. The average Bonchev–Trinajstić information content (AvgIpc) is 2.72. The lowest BCUT2D eigenvalue weighted by Gasteiger charge is -2.26. The van der Waals surface area contributed by atoms with Crippen molar-refractivity contribution in [1.29, 1.82) is 0 Å². The highest BCUT2D eigenvalue weighted by atomic mass is 16.5. The second-order valence-electron chi connectivity index (χ2n) is 7.22. The van der Waals surface area contributed by atoms with E-state index in [4.69, 9.17) is 9.15 Å². The summed E-state index contributed by atoms with van der Waals surface area (Å²) in [6.07, 6.45) is 2.46. The van der Waals surface area contributed by atoms with Gasteiger partial charge in [0, 0.05) is 35.7 Å². The summed E-state index contributed by atoms with van der Waals surface area (Å²) in [6.45, 7) is 2.58. The van der Waals surface area contributed by atoms with Crippen LogP contribution in [0.15, 0.2) is 57.7 Å². The number of carbonyl (C=O) groups excluding carboxylic acids is 2. The van der Waals surface area contributed by atoms with Crippen LogP contribution in [0.4, 0.5) is 5.69 Å². The van der Waals surface area contributed by atoms with Crippen LogP contribution >= 0.6 is 0 Å². The van der Waals surface area contributed by atoms with Gasteiger partial charge in [0.05, 0.1) is 5.56 Å². The molecule has 1 saturated heterocycles. The van der Waals surface area contributed by atoms with E-state index in [-0.39, 0.29) is 12.5 Å². The van der Waals surface area contributed by atoms with E-state index in [9.17, 15) is 14.4 Å². The molecule has 0 bridgehead atoms. The molecule has 1 aromatic heterocycles. The van der Waals surface area contributed by atoms with E-state index in [1.807, 2.05) is 19.1 Å². The SMILES string of the molecule is Cc1ccc2c(COC(=O)c3ccc(N4CCCCC4=O)cc3)cc(=O)oc2c1. The average molecular weight is 391 g/mol. The minimum atomic E-state index is -0.491. The first-order chi connectivity index (χ1) is 14.0. The van der Waals surface area contributed by atoms with E-state index in [0.29, 0.717) is 29.7 Å². The van der Waals surface area contributed by atoms with Gasteiger partial charge in [0.2, 0.25) is 5.91 Å². The molecule has 1 amide bonds. The number of anilines is 1. The number of carbonyl (C=O) groups is 2. The van der Waals surface area contributed by atoms with Crippen LogP contribution in [0, 0.1) is 6.92 Å². The van der Waals surface area contributed by atoms with Gasteiger partial charge in [-0.25, -0.2) is 9.59 Å². The molecular weight excluding hydrogens is 370 g/mol. The van der Waals surface area contributed by atoms with Gasteiger partial charge >= 0.3 is 11.6 Å². The van der Waals surface area contributed by atoms with Crippen molar-refractivity contribution in [3.05, 3.63) is 75.6 Å². The Hall–Kier alpha value is -3.41. The Morgan fingerprint density at radius 2 is 1.86 bits per heavy atom. The van der Waals surface area contributed by atoms with Crippen molar-refractivity contribution in [3.8, 4) is 0 Å². The summed E-state index contributed by atoms with van der Waals surface area (Å²) in [7, 11) is 0. The Morgan fingerprint density at radius 3 is 2.62 bits per heavy atom. The molecule has 4 rings (SSSR count). The zero-order chi connectivity index (χ0) is 20.4. The van der Waals surface area contributed by atoms with E-state index < -0.39 is 11.6 Å². The van der Waals surface area contributed by atoms with Gasteiger partial charge in [0.15, 0.2) is 0 Å². The fourth-order valence-corrected chi connectivity index (χ4v) is 3.54. The molecule has 1 aliphatic heterocycles. The number of hydrogen-bond acceptors (Lipinski definition) is 5. The van der Waals surface area contributed by atoms with Crippen molar-refractivity contribution in [2.75, 3.05) is 11.4 Å². The van der Waals surface area contributed by atoms with Gasteiger partial charge in [-0.2, -0.15) is 0 Å². The van der Waals surface area contributed by atoms with Crippen LogP contribution in [0.25, 0.3) is 11.0 Å². The van der Waals surface area contributed by atoms with Crippen molar-refractivity contribution in [1.82, 2.24) is 0 Å². The number of esters is 1. The Kier molecular flexibility index (Phi) is 5.16. The maximum atomic E-state index is 12.4. The minimum absolute atomic E-state index is 0.0314. The Balaban J connectivity index is 1.48. The van der Waals surface area contributed by atoms with Gasteiger partial charge in [-0.1, -0.05) is 12.1 Å². The first kappa shape index (κ1) is 18.9. The molecule has 0 unspecified atom stereocenters. The number of nitrogens with zero attached hydrogens (tertiary/aromatic N) is 1. The number of ether oxygens (including phenoxy) is 1.